The summed E-state index contributed by atoms with van der Waals surface area (Å²) in [6.07, 6.45) is 1.20. The van der Waals surface area contributed by atoms with Gasteiger partial charge in [-0.3, -0.25) is 14.5 Å². The van der Waals surface area contributed by atoms with Crippen LogP contribution in [0, 0.1) is 5.82 Å². The molecule has 1 aliphatic heterocycles. The van der Waals surface area contributed by atoms with Crippen LogP contribution in [0.25, 0.3) is 0 Å². The van der Waals surface area contributed by atoms with Gasteiger partial charge in [0.25, 0.3) is 11.8 Å². The minimum Gasteiger partial charge on any atom is -0.482 e. The molecule has 2 amide bonds. The van der Waals surface area contributed by atoms with E-state index >= 15 is 0 Å². The summed E-state index contributed by atoms with van der Waals surface area (Å²) in [4.78, 5) is 25.4. The molecule has 0 aromatic heterocycles. The number of para-hydroxylation sites is 2. The van der Waals surface area contributed by atoms with Gasteiger partial charge in [0, 0.05) is 10.0 Å². The van der Waals surface area contributed by atoms with Gasteiger partial charge in [-0.25, -0.2) is 9.82 Å². The zero-order valence-corrected chi connectivity index (χ0v) is 14.5. The Morgan fingerprint density at radius 2 is 2.16 bits per heavy atom. The van der Waals surface area contributed by atoms with Gasteiger partial charge < -0.3 is 4.74 Å². The maximum Gasteiger partial charge on any atom is 0.265 e. The fourth-order valence-electron chi connectivity index (χ4n) is 2.29. The van der Waals surface area contributed by atoms with Crippen molar-refractivity contribution in [3.05, 3.63) is 58.3 Å². The van der Waals surface area contributed by atoms with Crippen molar-refractivity contribution in [3.63, 3.8) is 0 Å². The molecule has 2 aromatic carbocycles. The number of hydrazone groups is 1. The topological polar surface area (TPSA) is 71.0 Å². The lowest BCUT2D eigenvalue weighted by Crippen LogP contribution is -2.44. The van der Waals surface area contributed by atoms with Crippen LogP contribution in [-0.4, -0.2) is 31.2 Å². The summed E-state index contributed by atoms with van der Waals surface area (Å²) < 4.78 is 19.6. The Bertz CT molecular complexity index is 857. The molecule has 0 atom stereocenters. The van der Waals surface area contributed by atoms with E-state index in [0.29, 0.717) is 15.9 Å². The Labute approximate surface area is 151 Å². The van der Waals surface area contributed by atoms with Crippen LogP contribution in [0.1, 0.15) is 5.56 Å². The molecule has 3 rings (SSSR count). The zero-order chi connectivity index (χ0) is 17.8. The molecule has 0 aliphatic carbocycles. The van der Waals surface area contributed by atoms with E-state index in [1.165, 1.54) is 23.2 Å². The summed E-state index contributed by atoms with van der Waals surface area (Å²) in [5.74, 6) is -0.754. The Morgan fingerprint density at radius 1 is 1.36 bits per heavy atom. The molecule has 8 heteroatoms. The number of rotatable bonds is 4. The van der Waals surface area contributed by atoms with Gasteiger partial charge in [0.15, 0.2) is 6.61 Å². The van der Waals surface area contributed by atoms with Gasteiger partial charge in [0.05, 0.1) is 11.9 Å². The van der Waals surface area contributed by atoms with Crippen molar-refractivity contribution in [1.82, 2.24) is 5.43 Å². The number of ether oxygens (including phenoxy) is 1. The number of nitrogens with one attached hydrogen (secondary N) is 1. The highest BCUT2D eigenvalue weighted by atomic mass is 79.9. The molecule has 1 N–H and O–H groups in total. The van der Waals surface area contributed by atoms with Gasteiger partial charge in [-0.2, -0.15) is 5.10 Å². The van der Waals surface area contributed by atoms with Gasteiger partial charge >= 0.3 is 0 Å². The number of benzene rings is 2. The first-order valence-electron chi connectivity index (χ1n) is 7.34. The first kappa shape index (κ1) is 17.1. The van der Waals surface area contributed by atoms with Crippen LogP contribution in [0.2, 0.25) is 0 Å². The third-order valence-corrected chi connectivity index (χ3v) is 3.96. The molecular weight excluding hydrogens is 393 g/mol. The second kappa shape index (κ2) is 7.43. The molecule has 0 saturated heterocycles. The Morgan fingerprint density at radius 3 is 2.96 bits per heavy atom. The molecule has 25 heavy (non-hydrogen) atoms. The number of amides is 2. The van der Waals surface area contributed by atoms with E-state index in [-0.39, 0.29) is 24.6 Å². The largest absolute Gasteiger partial charge is 0.482 e. The maximum atomic E-state index is 13.7. The number of hydrogen-bond acceptors (Lipinski definition) is 4. The molecule has 6 nitrogen and oxygen atoms in total. The number of halogens is 2. The maximum absolute atomic E-state index is 13.7. The molecule has 0 bridgehead atoms. The van der Waals surface area contributed by atoms with Crippen molar-refractivity contribution in [2.45, 2.75) is 0 Å². The highest BCUT2D eigenvalue weighted by Crippen LogP contribution is 2.31. The number of nitrogens with zero attached hydrogens (tertiary/aromatic N) is 2. The van der Waals surface area contributed by atoms with E-state index in [0.717, 1.165) is 0 Å². The summed E-state index contributed by atoms with van der Waals surface area (Å²) in [6, 6.07) is 11.4. The lowest BCUT2D eigenvalue weighted by molar-refractivity contribution is -0.125. The number of carbonyl (C=O) groups is 2. The average Bonchev–Trinajstić information content (AvgIpc) is 2.59. The van der Waals surface area contributed by atoms with Crippen LogP contribution in [0.5, 0.6) is 5.75 Å². The summed E-state index contributed by atoms with van der Waals surface area (Å²) in [7, 11) is 0. The van der Waals surface area contributed by atoms with E-state index < -0.39 is 11.7 Å². The fourth-order valence-corrected chi connectivity index (χ4v) is 2.62. The first-order valence-corrected chi connectivity index (χ1v) is 8.13. The molecule has 0 spiro atoms. The standard InChI is InChI=1S/C17H13BrFN3O3/c18-12-6-5-11(13(19)7-12)8-20-21-16(23)9-22-14-3-1-2-4-15(14)25-10-17(22)24/h1-8H,9-10H2,(H,21,23)/b20-8-. The van der Waals surface area contributed by atoms with E-state index in [9.17, 15) is 14.0 Å². The monoisotopic (exact) mass is 405 g/mol. The minimum absolute atomic E-state index is 0.127. The summed E-state index contributed by atoms with van der Waals surface area (Å²) in [6.45, 7) is -0.336. The zero-order valence-electron chi connectivity index (χ0n) is 12.9. The highest BCUT2D eigenvalue weighted by Gasteiger charge is 2.26. The molecule has 1 aliphatic rings. The van der Waals surface area contributed by atoms with E-state index in [2.05, 4.69) is 26.5 Å². The van der Waals surface area contributed by atoms with Gasteiger partial charge in [0.2, 0.25) is 0 Å². The lowest BCUT2D eigenvalue weighted by Gasteiger charge is -2.28. The summed E-state index contributed by atoms with van der Waals surface area (Å²) >= 11 is 3.16. The van der Waals surface area contributed by atoms with E-state index in [4.69, 9.17) is 4.74 Å². The second-order valence-corrected chi connectivity index (χ2v) is 6.11. The van der Waals surface area contributed by atoms with Crippen molar-refractivity contribution in [1.29, 1.82) is 0 Å². The summed E-state index contributed by atoms with van der Waals surface area (Å²) in [5, 5.41) is 3.73. The van der Waals surface area contributed by atoms with Crippen molar-refractivity contribution in [3.8, 4) is 5.75 Å². The predicted molar refractivity (Wildman–Crippen MR) is 94.1 cm³/mol. The molecule has 128 valence electrons. The van der Waals surface area contributed by atoms with Crippen molar-refractivity contribution < 1.29 is 18.7 Å². The van der Waals surface area contributed by atoms with Crippen molar-refractivity contribution >= 4 is 39.6 Å². The average molecular weight is 406 g/mol. The van der Waals surface area contributed by atoms with Gasteiger partial charge in [-0.1, -0.05) is 28.1 Å². The molecule has 2 aromatic rings. The van der Waals surface area contributed by atoms with Gasteiger partial charge in [0.1, 0.15) is 18.1 Å². The van der Waals surface area contributed by atoms with Crippen LogP contribution >= 0.6 is 15.9 Å². The van der Waals surface area contributed by atoms with Crippen LogP contribution < -0.4 is 15.1 Å². The quantitative estimate of drug-likeness (QED) is 0.627. The molecule has 1 heterocycles. The van der Waals surface area contributed by atoms with Crippen molar-refractivity contribution in [2.24, 2.45) is 5.10 Å². The number of fused-ring (bicyclic) bond motifs is 1. The third kappa shape index (κ3) is 4.03. The molecule has 0 saturated carbocycles. The van der Waals surface area contributed by atoms with Crippen LogP contribution in [0.3, 0.4) is 0 Å². The third-order valence-electron chi connectivity index (χ3n) is 3.47. The van der Waals surface area contributed by atoms with Crippen molar-refractivity contribution in [2.75, 3.05) is 18.1 Å². The van der Waals surface area contributed by atoms with Gasteiger partial charge in [-0.15, -0.1) is 0 Å². The fraction of sp³-hybridized carbons (Fsp3) is 0.118. The Hall–Kier alpha value is -2.74. The molecule has 0 unspecified atom stereocenters. The molecular formula is C17H13BrFN3O3. The predicted octanol–water partition coefficient (Wildman–Crippen LogP) is 2.46. The highest BCUT2D eigenvalue weighted by molar-refractivity contribution is 9.10. The van der Waals surface area contributed by atoms with Gasteiger partial charge in [-0.05, 0) is 30.3 Å². The Kier molecular flexibility index (Phi) is 5.08. The van der Waals surface area contributed by atoms with Crippen LogP contribution in [0.4, 0.5) is 10.1 Å². The summed E-state index contributed by atoms with van der Waals surface area (Å²) in [5.41, 5.74) is 3.05. The van der Waals surface area contributed by atoms with E-state index in [1.807, 2.05) is 0 Å². The molecule has 0 fully saturated rings. The Balaban J connectivity index is 1.65. The number of hydrogen-bond donors (Lipinski definition) is 1. The second-order valence-electron chi connectivity index (χ2n) is 5.20. The minimum atomic E-state index is -0.501. The smallest absolute Gasteiger partial charge is 0.265 e. The van der Waals surface area contributed by atoms with Crippen LogP contribution in [-0.2, 0) is 9.59 Å². The SMILES string of the molecule is O=C(CN1C(=O)COc2ccccc21)N/N=C\c1ccc(Br)cc1F. The number of anilines is 1. The normalized spacial score (nSPS) is 13.5. The van der Waals surface area contributed by atoms with E-state index in [1.54, 1.807) is 30.3 Å². The number of carbonyl (C=O) groups excluding carboxylic acids is 2. The first-order chi connectivity index (χ1) is 12.0. The molecule has 0 radical (unpaired) electrons. The lowest BCUT2D eigenvalue weighted by atomic mass is 10.2. The van der Waals surface area contributed by atoms with Crippen LogP contribution in [0.15, 0.2) is 52.0 Å².